The van der Waals surface area contributed by atoms with Gasteiger partial charge in [-0.25, -0.2) is 4.98 Å². The van der Waals surface area contributed by atoms with E-state index in [1.54, 1.807) is 0 Å². The van der Waals surface area contributed by atoms with Crippen molar-refractivity contribution in [2.24, 2.45) is 0 Å². The van der Waals surface area contributed by atoms with Gasteiger partial charge in [-0.05, 0) is 38.1 Å². The molecule has 2 rings (SSSR count). The van der Waals surface area contributed by atoms with Gasteiger partial charge in [0.15, 0.2) is 5.13 Å². The molecule has 4 heteroatoms. The fraction of sp³-hybridized carbons (Fsp3) is 0.824. The van der Waals surface area contributed by atoms with Gasteiger partial charge in [-0.15, -0.1) is 11.3 Å². The highest BCUT2D eigenvalue weighted by Crippen LogP contribution is 2.35. The first-order valence-corrected chi connectivity index (χ1v) is 9.45. The van der Waals surface area contributed by atoms with Crippen LogP contribution in [0.2, 0.25) is 0 Å². The van der Waals surface area contributed by atoms with Crippen molar-refractivity contribution in [2.75, 3.05) is 18.0 Å². The van der Waals surface area contributed by atoms with Gasteiger partial charge in [0.05, 0.1) is 5.69 Å². The normalized spacial score (nSPS) is 19.5. The first-order valence-electron chi connectivity index (χ1n) is 8.64. The Hall–Kier alpha value is -0.610. The van der Waals surface area contributed by atoms with E-state index in [2.05, 4.69) is 37.9 Å². The summed E-state index contributed by atoms with van der Waals surface area (Å²) in [5.41, 5.74) is 1.30. The summed E-state index contributed by atoms with van der Waals surface area (Å²) < 4.78 is 0. The smallest absolute Gasteiger partial charge is 0.186 e. The lowest BCUT2D eigenvalue weighted by atomic mass is 9.99. The zero-order chi connectivity index (χ0) is 15.2. The minimum absolute atomic E-state index is 0.512. The molecule has 0 saturated carbocycles. The Balaban J connectivity index is 2.20. The maximum atomic E-state index is 5.02. The molecule has 1 aromatic heterocycles. The van der Waals surface area contributed by atoms with Gasteiger partial charge in [0.25, 0.3) is 0 Å². The van der Waals surface area contributed by atoms with E-state index in [-0.39, 0.29) is 0 Å². The molecule has 1 aromatic rings. The number of rotatable bonds is 7. The molecule has 3 nitrogen and oxygen atoms in total. The molecule has 0 spiro atoms. The molecular weight excluding hydrogens is 278 g/mol. The lowest BCUT2D eigenvalue weighted by Crippen LogP contribution is -2.39. The first-order chi connectivity index (χ1) is 10.2. The molecule has 0 radical (unpaired) electrons. The van der Waals surface area contributed by atoms with Crippen molar-refractivity contribution in [3.8, 4) is 0 Å². The lowest BCUT2D eigenvalue weighted by Gasteiger charge is -2.35. The van der Waals surface area contributed by atoms with Crippen molar-refractivity contribution in [1.82, 2.24) is 10.3 Å². The van der Waals surface area contributed by atoms with Crippen molar-refractivity contribution in [3.05, 3.63) is 10.6 Å². The Labute approximate surface area is 134 Å². The quantitative estimate of drug-likeness (QED) is 0.802. The Morgan fingerprint density at radius 3 is 2.81 bits per heavy atom. The summed E-state index contributed by atoms with van der Waals surface area (Å²) in [5.74, 6) is 0.512. The van der Waals surface area contributed by atoms with Gasteiger partial charge in [-0.3, -0.25) is 0 Å². The molecular formula is C17H31N3S. The number of thiazole rings is 1. The number of aromatic nitrogens is 1. The van der Waals surface area contributed by atoms with Gasteiger partial charge in [0.1, 0.15) is 0 Å². The third kappa shape index (κ3) is 4.19. The molecule has 1 aliphatic rings. The van der Waals surface area contributed by atoms with Crippen LogP contribution in [0.4, 0.5) is 5.13 Å². The van der Waals surface area contributed by atoms with Gasteiger partial charge >= 0.3 is 0 Å². The zero-order valence-electron chi connectivity index (χ0n) is 14.1. The maximum Gasteiger partial charge on any atom is 0.186 e. The monoisotopic (exact) mass is 309 g/mol. The van der Waals surface area contributed by atoms with Crippen molar-refractivity contribution in [2.45, 2.75) is 78.3 Å². The van der Waals surface area contributed by atoms with Crippen LogP contribution in [0.1, 0.15) is 76.3 Å². The summed E-state index contributed by atoms with van der Waals surface area (Å²) in [6.07, 6.45) is 6.62. The van der Waals surface area contributed by atoms with E-state index in [9.17, 15) is 0 Å². The zero-order valence-corrected chi connectivity index (χ0v) is 14.9. The summed E-state index contributed by atoms with van der Waals surface area (Å²) in [5, 5.41) is 4.73. The topological polar surface area (TPSA) is 28.2 Å². The predicted molar refractivity (Wildman–Crippen MR) is 93.5 cm³/mol. The van der Waals surface area contributed by atoms with Crippen LogP contribution in [0.25, 0.3) is 0 Å². The second kappa shape index (κ2) is 8.14. The molecule has 1 aliphatic heterocycles. The Bertz CT molecular complexity index is 426. The van der Waals surface area contributed by atoms with Crippen LogP contribution in [0.3, 0.4) is 0 Å². The highest BCUT2D eigenvalue weighted by Gasteiger charge is 2.26. The molecule has 0 amide bonds. The molecule has 1 fully saturated rings. The van der Waals surface area contributed by atoms with Crippen LogP contribution in [0.5, 0.6) is 0 Å². The van der Waals surface area contributed by atoms with Gasteiger partial charge in [-0.2, -0.15) is 0 Å². The SMILES string of the molecule is CCCC1CCCCN1c1nc(C(C)C)c(CNCC)s1. The molecule has 1 saturated heterocycles. The summed E-state index contributed by atoms with van der Waals surface area (Å²) in [6, 6.07) is 0.710. The summed E-state index contributed by atoms with van der Waals surface area (Å²) in [4.78, 5) is 9.05. The highest BCUT2D eigenvalue weighted by molar-refractivity contribution is 7.15. The molecule has 1 unspecified atom stereocenters. The number of nitrogens with zero attached hydrogens (tertiary/aromatic N) is 2. The molecule has 21 heavy (non-hydrogen) atoms. The van der Waals surface area contributed by atoms with E-state index in [0.29, 0.717) is 12.0 Å². The van der Waals surface area contributed by atoms with Crippen LogP contribution in [-0.4, -0.2) is 24.1 Å². The molecule has 0 aromatic carbocycles. The first kappa shape index (κ1) is 16.8. The Morgan fingerprint density at radius 2 is 2.14 bits per heavy atom. The van der Waals surface area contributed by atoms with E-state index >= 15 is 0 Å². The number of nitrogens with one attached hydrogen (secondary N) is 1. The van der Waals surface area contributed by atoms with Crippen molar-refractivity contribution < 1.29 is 0 Å². The van der Waals surface area contributed by atoms with E-state index in [1.807, 2.05) is 11.3 Å². The Kier molecular flexibility index (Phi) is 6.49. The average molecular weight is 310 g/mol. The van der Waals surface area contributed by atoms with Crippen LogP contribution in [0.15, 0.2) is 0 Å². The van der Waals surface area contributed by atoms with Gasteiger partial charge in [0.2, 0.25) is 0 Å². The van der Waals surface area contributed by atoms with Crippen molar-refractivity contribution in [3.63, 3.8) is 0 Å². The fourth-order valence-corrected chi connectivity index (χ4v) is 4.46. The van der Waals surface area contributed by atoms with E-state index in [4.69, 9.17) is 4.98 Å². The van der Waals surface area contributed by atoms with Crippen LogP contribution < -0.4 is 10.2 Å². The minimum atomic E-state index is 0.512. The van der Waals surface area contributed by atoms with Crippen LogP contribution >= 0.6 is 11.3 Å². The standard InChI is InChI=1S/C17H31N3S/c1-5-9-14-10-7-8-11-20(14)17-19-16(13(3)4)15(21-17)12-18-6-2/h13-14,18H,5-12H2,1-4H3. The largest absolute Gasteiger partial charge is 0.345 e. The average Bonchev–Trinajstić information content (AvgIpc) is 2.90. The molecule has 120 valence electrons. The van der Waals surface area contributed by atoms with Gasteiger partial charge in [-0.1, -0.05) is 34.1 Å². The highest BCUT2D eigenvalue weighted by atomic mass is 32.1. The second-order valence-corrected chi connectivity index (χ2v) is 7.43. The van der Waals surface area contributed by atoms with Gasteiger partial charge < -0.3 is 10.2 Å². The number of hydrogen-bond acceptors (Lipinski definition) is 4. The van der Waals surface area contributed by atoms with E-state index < -0.39 is 0 Å². The summed E-state index contributed by atoms with van der Waals surface area (Å²) in [7, 11) is 0. The summed E-state index contributed by atoms with van der Waals surface area (Å²) in [6.45, 7) is 12.2. The van der Waals surface area contributed by atoms with E-state index in [1.165, 1.54) is 54.4 Å². The molecule has 1 atom stereocenters. The van der Waals surface area contributed by atoms with Crippen molar-refractivity contribution >= 4 is 16.5 Å². The number of piperidine rings is 1. The lowest BCUT2D eigenvalue weighted by molar-refractivity contribution is 0.434. The van der Waals surface area contributed by atoms with Crippen LogP contribution in [-0.2, 0) is 6.54 Å². The summed E-state index contributed by atoms with van der Waals surface area (Å²) >= 11 is 1.92. The maximum absolute atomic E-state index is 5.02. The van der Waals surface area contributed by atoms with Crippen LogP contribution in [0, 0.1) is 0 Å². The third-order valence-electron chi connectivity index (χ3n) is 4.29. The Morgan fingerprint density at radius 1 is 1.33 bits per heavy atom. The molecule has 0 aliphatic carbocycles. The molecule has 2 heterocycles. The molecule has 0 bridgehead atoms. The molecule has 1 N–H and O–H groups in total. The van der Waals surface area contributed by atoms with Crippen molar-refractivity contribution in [1.29, 1.82) is 0 Å². The minimum Gasteiger partial charge on any atom is -0.345 e. The predicted octanol–water partition coefficient (Wildman–Crippen LogP) is 4.54. The number of anilines is 1. The van der Waals surface area contributed by atoms with E-state index in [0.717, 1.165) is 13.1 Å². The third-order valence-corrected chi connectivity index (χ3v) is 5.40. The fourth-order valence-electron chi connectivity index (χ4n) is 3.18. The number of hydrogen-bond donors (Lipinski definition) is 1. The second-order valence-electron chi connectivity index (χ2n) is 6.37. The van der Waals surface area contributed by atoms with Gasteiger partial charge in [0, 0.05) is 24.0 Å².